The van der Waals surface area contributed by atoms with Crippen LogP contribution in [-0.4, -0.2) is 15.8 Å². The molecule has 1 N–H and O–H groups in total. The summed E-state index contributed by atoms with van der Waals surface area (Å²) in [5, 5.41) is 9.54. The fourth-order valence-electron chi connectivity index (χ4n) is 2.98. The summed E-state index contributed by atoms with van der Waals surface area (Å²) < 4.78 is 0. The van der Waals surface area contributed by atoms with Gasteiger partial charge >= 0.3 is 0 Å². The van der Waals surface area contributed by atoms with Crippen molar-refractivity contribution >= 4 is 16.8 Å². The molecule has 0 radical (unpaired) electrons. The van der Waals surface area contributed by atoms with Gasteiger partial charge < -0.3 is 4.98 Å². The van der Waals surface area contributed by atoms with Gasteiger partial charge in [-0.05, 0) is 23.3 Å². The molecule has 0 bridgehead atoms. The van der Waals surface area contributed by atoms with Crippen LogP contribution in [0.5, 0.6) is 0 Å². The van der Waals surface area contributed by atoms with Crippen molar-refractivity contribution in [3.8, 4) is 17.2 Å². The lowest BCUT2D eigenvalue weighted by atomic mass is 9.96. The quantitative estimate of drug-likeness (QED) is 0.548. The molecular formula is C22H15N3O. The smallest absolute Gasteiger partial charge is 0.187 e. The molecule has 1 unspecified atom stereocenters. The number of nitrogens with one attached hydrogen (secondary N) is 1. The average molecular weight is 337 g/mol. The number of imidazole rings is 1. The molecule has 0 saturated carbocycles. The molecule has 0 aliphatic heterocycles. The summed E-state index contributed by atoms with van der Waals surface area (Å²) in [6, 6.07) is 26.8. The van der Waals surface area contributed by atoms with Crippen LogP contribution in [0, 0.1) is 11.3 Å². The Morgan fingerprint density at radius 2 is 1.54 bits per heavy atom. The van der Waals surface area contributed by atoms with E-state index >= 15 is 0 Å². The van der Waals surface area contributed by atoms with Crippen LogP contribution < -0.4 is 0 Å². The number of carbonyl (C=O) groups is 1. The number of H-pyrrole nitrogens is 1. The van der Waals surface area contributed by atoms with E-state index < -0.39 is 5.92 Å². The third-order valence-electron chi connectivity index (χ3n) is 4.35. The SMILES string of the molecule is N#CC(C(=O)c1ccc(-c2ccccc2)cc1)c1nc2ccccc2[nH]1. The van der Waals surface area contributed by atoms with Crippen molar-refractivity contribution in [3.63, 3.8) is 0 Å². The Morgan fingerprint density at radius 3 is 2.23 bits per heavy atom. The highest BCUT2D eigenvalue weighted by atomic mass is 16.1. The molecule has 4 rings (SSSR count). The number of hydrogen-bond acceptors (Lipinski definition) is 3. The second kappa shape index (κ2) is 6.66. The van der Waals surface area contributed by atoms with E-state index in [-0.39, 0.29) is 5.78 Å². The first-order valence-corrected chi connectivity index (χ1v) is 8.30. The zero-order valence-corrected chi connectivity index (χ0v) is 13.9. The van der Waals surface area contributed by atoms with Gasteiger partial charge in [0.2, 0.25) is 0 Å². The lowest BCUT2D eigenvalue weighted by Crippen LogP contribution is -2.12. The molecule has 0 saturated heterocycles. The van der Waals surface area contributed by atoms with Gasteiger partial charge in [-0.2, -0.15) is 5.26 Å². The first-order chi connectivity index (χ1) is 12.8. The molecule has 124 valence electrons. The zero-order chi connectivity index (χ0) is 17.9. The van der Waals surface area contributed by atoms with E-state index in [4.69, 9.17) is 0 Å². The third-order valence-corrected chi connectivity index (χ3v) is 4.35. The minimum atomic E-state index is -0.954. The van der Waals surface area contributed by atoms with Gasteiger partial charge in [0.15, 0.2) is 11.7 Å². The van der Waals surface area contributed by atoms with Gasteiger partial charge in [-0.3, -0.25) is 4.79 Å². The minimum Gasteiger partial charge on any atom is -0.340 e. The number of rotatable bonds is 4. The molecule has 1 heterocycles. The van der Waals surface area contributed by atoms with Crippen LogP contribution in [0.25, 0.3) is 22.2 Å². The lowest BCUT2D eigenvalue weighted by molar-refractivity contribution is 0.0976. The second-order valence-electron chi connectivity index (χ2n) is 6.01. The number of aromatic amines is 1. The van der Waals surface area contributed by atoms with E-state index in [1.807, 2.05) is 66.7 Å². The number of hydrogen-bond donors (Lipinski definition) is 1. The lowest BCUT2D eigenvalue weighted by Gasteiger charge is -2.07. The van der Waals surface area contributed by atoms with Crippen LogP contribution in [0.4, 0.5) is 0 Å². The zero-order valence-electron chi connectivity index (χ0n) is 13.9. The maximum atomic E-state index is 12.8. The van der Waals surface area contributed by atoms with E-state index in [9.17, 15) is 10.1 Å². The van der Waals surface area contributed by atoms with Crippen molar-refractivity contribution in [1.29, 1.82) is 5.26 Å². The number of nitrogens with zero attached hydrogens (tertiary/aromatic N) is 2. The van der Waals surface area contributed by atoms with E-state index in [0.717, 1.165) is 22.2 Å². The standard InChI is InChI=1S/C22H15N3O/c23-14-18(22-24-19-8-4-5-9-20(19)25-22)21(26)17-12-10-16(11-13-17)15-6-2-1-3-7-15/h1-13,18H,(H,24,25). The van der Waals surface area contributed by atoms with E-state index in [0.29, 0.717) is 11.4 Å². The van der Waals surface area contributed by atoms with Crippen LogP contribution in [0.1, 0.15) is 22.1 Å². The summed E-state index contributed by atoms with van der Waals surface area (Å²) in [6.45, 7) is 0. The van der Waals surface area contributed by atoms with Crippen LogP contribution in [-0.2, 0) is 0 Å². The van der Waals surface area contributed by atoms with Crippen LogP contribution in [0.3, 0.4) is 0 Å². The van der Waals surface area contributed by atoms with Crippen LogP contribution in [0.2, 0.25) is 0 Å². The Balaban J connectivity index is 1.64. The summed E-state index contributed by atoms with van der Waals surface area (Å²) in [5.41, 5.74) is 4.17. The Labute approximate surface area is 150 Å². The number of nitriles is 1. The molecule has 0 fully saturated rings. The third kappa shape index (κ3) is 2.87. The Morgan fingerprint density at radius 1 is 0.885 bits per heavy atom. The van der Waals surface area contributed by atoms with Crippen molar-refractivity contribution in [2.24, 2.45) is 0 Å². The van der Waals surface area contributed by atoms with Crippen LogP contribution >= 0.6 is 0 Å². The summed E-state index contributed by atoms with van der Waals surface area (Å²) in [6.07, 6.45) is 0. The Bertz CT molecular complexity index is 1070. The molecule has 1 atom stereocenters. The fraction of sp³-hybridized carbons (Fsp3) is 0.0455. The number of aromatic nitrogens is 2. The summed E-state index contributed by atoms with van der Waals surface area (Å²) in [5.74, 6) is -0.832. The average Bonchev–Trinajstić information content (AvgIpc) is 3.13. The van der Waals surface area contributed by atoms with E-state index in [2.05, 4.69) is 16.0 Å². The number of fused-ring (bicyclic) bond motifs is 1. The second-order valence-corrected chi connectivity index (χ2v) is 6.01. The summed E-state index contributed by atoms with van der Waals surface area (Å²) in [7, 11) is 0. The molecule has 0 amide bonds. The number of carbonyl (C=O) groups excluding carboxylic acids is 1. The maximum Gasteiger partial charge on any atom is 0.187 e. The predicted molar refractivity (Wildman–Crippen MR) is 101 cm³/mol. The van der Waals surface area contributed by atoms with E-state index in [1.165, 1.54) is 0 Å². The van der Waals surface area contributed by atoms with Gasteiger partial charge in [-0.15, -0.1) is 0 Å². The maximum absolute atomic E-state index is 12.8. The largest absolute Gasteiger partial charge is 0.340 e. The summed E-state index contributed by atoms with van der Waals surface area (Å²) in [4.78, 5) is 20.3. The topological polar surface area (TPSA) is 69.5 Å². The highest BCUT2D eigenvalue weighted by Gasteiger charge is 2.25. The van der Waals surface area contributed by atoms with Crippen molar-refractivity contribution in [2.45, 2.75) is 5.92 Å². The molecule has 1 aromatic heterocycles. The van der Waals surface area contributed by atoms with Crippen LogP contribution in [0.15, 0.2) is 78.9 Å². The molecule has 4 nitrogen and oxygen atoms in total. The predicted octanol–water partition coefficient (Wildman–Crippen LogP) is 4.72. The molecule has 3 aromatic carbocycles. The van der Waals surface area contributed by atoms with Crippen molar-refractivity contribution in [2.75, 3.05) is 0 Å². The first-order valence-electron chi connectivity index (χ1n) is 8.30. The minimum absolute atomic E-state index is 0.258. The van der Waals surface area contributed by atoms with Gasteiger partial charge in [0.25, 0.3) is 0 Å². The highest BCUT2D eigenvalue weighted by Crippen LogP contribution is 2.24. The van der Waals surface area contributed by atoms with Gasteiger partial charge in [0, 0.05) is 5.56 Å². The number of ketones is 1. The summed E-state index contributed by atoms with van der Waals surface area (Å²) >= 11 is 0. The van der Waals surface area contributed by atoms with E-state index in [1.54, 1.807) is 12.1 Å². The molecule has 4 aromatic rings. The fourth-order valence-corrected chi connectivity index (χ4v) is 2.98. The number of benzene rings is 3. The highest BCUT2D eigenvalue weighted by molar-refractivity contribution is 6.02. The van der Waals surface area contributed by atoms with Crippen molar-refractivity contribution in [1.82, 2.24) is 9.97 Å². The first kappa shape index (κ1) is 15.8. The van der Waals surface area contributed by atoms with Crippen molar-refractivity contribution < 1.29 is 4.79 Å². The Hall–Kier alpha value is -3.71. The molecule has 0 aliphatic rings. The number of para-hydroxylation sites is 2. The van der Waals surface area contributed by atoms with Gasteiger partial charge in [-0.25, -0.2) is 4.98 Å². The molecule has 0 aliphatic carbocycles. The molecule has 0 spiro atoms. The van der Waals surface area contributed by atoms with Gasteiger partial charge in [-0.1, -0.05) is 66.7 Å². The normalized spacial score (nSPS) is 11.8. The van der Waals surface area contributed by atoms with Gasteiger partial charge in [0.05, 0.1) is 17.1 Å². The number of Topliss-reactive ketones (excluding diaryl/α,β-unsaturated/α-hetero) is 1. The van der Waals surface area contributed by atoms with Crippen molar-refractivity contribution in [3.05, 3.63) is 90.3 Å². The molecular weight excluding hydrogens is 322 g/mol. The van der Waals surface area contributed by atoms with Gasteiger partial charge in [0.1, 0.15) is 5.82 Å². The monoisotopic (exact) mass is 337 g/mol. The Kier molecular flexibility index (Phi) is 4.04. The molecule has 26 heavy (non-hydrogen) atoms. The molecule has 4 heteroatoms.